The van der Waals surface area contributed by atoms with E-state index >= 15 is 0 Å². The van der Waals surface area contributed by atoms with Crippen LogP contribution in [0.5, 0.6) is 5.75 Å². The van der Waals surface area contributed by atoms with Gasteiger partial charge < -0.3 is 20.3 Å². The Labute approximate surface area is 237 Å². The van der Waals surface area contributed by atoms with Crippen molar-refractivity contribution in [2.75, 3.05) is 25.0 Å². The van der Waals surface area contributed by atoms with Crippen molar-refractivity contribution in [3.63, 3.8) is 0 Å². The summed E-state index contributed by atoms with van der Waals surface area (Å²) in [4.78, 5) is 47.8. The zero-order valence-electron chi connectivity index (χ0n) is 22.1. The number of halogens is 2. The minimum absolute atomic E-state index is 0.0633. The second-order valence-corrected chi connectivity index (χ2v) is 11.7. The van der Waals surface area contributed by atoms with Crippen LogP contribution in [0, 0.1) is 16.7 Å². The first-order valence-corrected chi connectivity index (χ1v) is 13.5. The van der Waals surface area contributed by atoms with E-state index in [9.17, 15) is 14.4 Å². The van der Waals surface area contributed by atoms with E-state index < -0.39 is 16.2 Å². The number of nitrogens with one attached hydrogen (secondary N) is 3. The lowest BCUT2D eigenvalue weighted by Crippen LogP contribution is -2.48. The van der Waals surface area contributed by atoms with Crippen LogP contribution in [0.15, 0.2) is 36.7 Å². The molecule has 2 aliphatic rings. The molecule has 0 spiro atoms. The Kier molecular flexibility index (Phi) is 8.46. The summed E-state index contributed by atoms with van der Waals surface area (Å²) < 4.78 is 4.86. The molecule has 208 valence electrons. The van der Waals surface area contributed by atoms with Gasteiger partial charge in [0.1, 0.15) is 28.4 Å². The van der Waals surface area contributed by atoms with Gasteiger partial charge in [-0.2, -0.15) is 0 Å². The Morgan fingerprint density at radius 2 is 1.90 bits per heavy atom. The number of carbonyl (C=O) groups is 3. The summed E-state index contributed by atoms with van der Waals surface area (Å²) in [6.07, 6.45) is 4.50. The lowest BCUT2D eigenvalue weighted by Gasteiger charge is -2.25. The Morgan fingerprint density at radius 3 is 2.54 bits per heavy atom. The fourth-order valence-electron chi connectivity index (χ4n) is 4.79. The summed E-state index contributed by atoms with van der Waals surface area (Å²) in [5.41, 5.74) is 0.223. The number of Topliss-reactive ketones (excluding diaryl/α,β-unsaturated/α-hetero) is 1. The molecule has 0 unspecified atom stereocenters. The molecule has 2 atom stereocenters. The van der Waals surface area contributed by atoms with E-state index in [4.69, 9.17) is 33.3 Å². The van der Waals surface area contributed by atoms with E-state index in [1.165, 1.54) is 6.92 Å². The van der Waals surface area contributed by atoms with Gasteiger partial charge in [-0.25, -0.2) is 9.97 Å². The smallest absolute Gasteiger partial charge is 0.242 e. The van der Waals surface area contributed by atoms with E-state index in [0.29, 0.717) is 48.8 Å². The number of anilines is 1. The van der Waals surface area contributed by atoms with Gasteiger partial charge in [-0.3, -0.25) is 19.8 Å². The average Bonchev–Trinajstić information content (AvgIpc) is 3.24. The molecule has 0 radical (unpaired) electrons. The molecule has 1 aliphatic heterocycles. The van der Waals surface area contributed by atoms with E-state index in [-0.39, 0.29) is 42.0 Å². The molecule has 1 saturated heterocycles. The molecular weight excluding hydrogens is 543 g/mol. The van der Waals surface area contributed by atoms with Gasteiger partial charge in [0.2, 0.25) is 11.8 Å². The highest BCUT2D eigenvalue weighted by Crippen LogP contribution is 2.68. The second-order valence-electron chi connectivity index (χ2n) is 10.3. The summed E-state index contributed by atoms with van der Waals surface area (Å²) in [5.74, 6) is -0.0647. The summed E-state index contributed by atoms with van der Waals surface area (Å²) in [6.45, 7) is 6.03. The third kappa shape index (κ3) is 6.17. The highest BCUT2D eigenvalue weighted by atomic mass is 35.5. The first kappa shape index (κ1) is 28.8. The predicted octanol–water partition coefficient (Wildman–Crippen LogP) is 3.36. The van der Waals surface area contributed by atoms with Crippen LogP contribution in [-0.2, 0) is 21.0 Å². The van der Waals surface area contributed by atoms with Gasteiger partial charge >= 0.3 is 0 Å². The first-order valence-electron chi connectivity index (χ1n) is 12.7. The van der Waals surface area contributed by atoms with Crippen molar-refractivity contribution < 1.29 is 19.1 Å². The number of amides is 2. The third-order valence-corrected chi connectivity index (χ3v) is 8.97. The number of hydrogen-bond donors (Lipinski definition) is 3. The van der Waals surface area contributed by atoms with Crippen LogP contribution in [0.1, 0.15) is 45.0 Å². The number of aromatic nitrogens is 2. The maximum absolute atomic E-state index is 13.1. The van der Waals surface area contributed by atoms with Crippen LogP contribution in [0.3, 0.4) is 0 Å². The zero-order valence-corrected chi connectivity index (χ0v) is 23.6. The lowest BCUT2D eigenvalue weighted by atomic mass is 10.0. The van der Waals surface area contributed by atoms with Gasteiger partial charge in [0.15, 0.2) is 11.6 Å². The predicted molar refractivity (Wildman–Crippen MR) is 148 cm³/mol. The van der Waals surface area contributed by atoms with Crippen LogP contribution in [0.2, 0.25) is 0 Å². The fourth-order valence-corrected chi connectivity index (χ4v) is 5.64. The quantitative estimate of drug-likeness (QED) is 0.276. The van der Waals surface area contributed by atoms with Gasteiger partial charge in [0.25, 0.3) is 0 Å². The molecule has 1 aliphatic carbocycles. The summed E-state index contributed by atoms with van der Waals surface area (Å²) in [7, 11) is 0. The van der Waals surface area contributed by atoms with Crippen LogP contribution < -0.4 is 15.4 Å². The molecule has 3 N–H and O–H groups in total. The first-order chi connectivity index (χ1) is 18.4. The summed E-state index contributed by atoms with van der Waals surface area (Å²) >= 11 is 12.6. The molecule has 2 heterocycles. The Hall–Kier alpha value is -3.24. The number of alkyl halides is 2. The molecule has 1 aromatic heterocycles. The van der Waals surface area contributed by atoms with Crippen molar-refractivity contribution in [3.8, 4) is 5.75 Å². The molecule has 10 nitrogen and oxygen atoms in total. The van der Waals surface area contributed by atoms with Crippen molar-refractivity contribution in [3.05, 3.63) is 48.0 Å². The largest absolute Gasteiger partial charge is 0.486 e. The Balaban J connectivity index is 1.38. The molecule has 1 aromatic carbocycles. The molecule has 0 bridgehead atoms. The summed E-state index contributed by atoms with van der Waals surface area (Å²) in [5, 5.41) is 14.2. The molecule has 1 saturated carbocycles. The maximum atomic E-state index is 13.1. The molecular formula is C27H32Cl2N6O4. The minimum Gasteiger partial charge on any atom is -0.486 e. The van der Waals surface area contributed by atoms with E-state index in [1.54, 1.807) is 41.6 Å². The van der Waals surface area contributed by atoms with Crippen molar-refractivity contribution in [1.82, 2.24) is 20.2 Å². The van der Waals surface area contributed by atoms with Gasteiger partial charge in [0.05, 0.1) is 6.54 Å². The maximum Gasteiger partial charge on any atom is 0.242 e. The molecule has 2 fully saturated rings. The lowest BCUT2D eigenvalue weighted by molar-refractivity contribution is -0.137. The number of ether oxygens (including phenoxy) is 1. The highest BCUT2D eigenvalue weighted by Gasteiger charge is 2.69. The van der Waals surface area contributed by atoms with Crippen molar-refractivity contribution in [1.29, 1.82) is 5.41 Å². The van der Waals surface area contributed by atoms with Crippen LogP contribution in [-0.4, -0.2) is 68.2 Å². The van der Waals surface area contributed by atoms with Crippen molar-refractivity contribution in [2.24, 2.45) is 11.3 Å². The van der Waals surface area contributed by atoms with Crippen molar-refractivity contribution >= 4 is 52.2 Å². The van der Waals surface area contributed by atoms with Gasteiger partial charge in [-0.15, -0.1) is 23.2 Å². The number of rotatable bonds is 11. The Morgan fingerprint density at radius 1 is 1.21 bits per heavy atom. The van der Waals surface area contributed by atoms with E-state index in [1.807, 2.05) is 13.8 Å². The molecule has 4 rings (SSSR count). The molecule has 2 amide bonds. The molecule has 39 heavy (non-hydrogen) atoms. The van der Waals surface area contributed by atoms with E-state index in [2.05, 4.69) is 20.6 Å². The van der Waals surface area contributed by atoms with E-state index in [0.717, 1.165) is 0 Å². The number of likely N-dealkylation sites (tertiary alicyclic amines) is 1. The average molecular weight is 575 g/mol. The number of ketones is 1. The number of benzene rings is 1. The van der Waals surface area contributed by atoms with Crippen LogP contribution in [0.25, 0.3) is 0 Å². The van der Waals surface area contributed by atoms with Crippen LogP contribution in [0.4, 0.5) is 5.69 Å². The third-order valence-electron chi connectivity index (χ3n) is 7.47. The second kappa shape index (κ2) is 11.5. The van der Waals surface area contributed by atoms with Gasteiger partial charge in [-0.05, 0) is 37.1 Å². The monoisotopic (exact) mass is 574 g/mol. The molecule has 12 heteroatoms. The number of hydrogen-bond acceptors (Lipinski definition) is 8. The minimum atomic E-state index is -0.878. The van der Waals surface area contributed by atoms with Crippen LogP contribution >= 0.6 is 23.2 Å². The Bertz CT molecular complexity index is 1260. The van der Waals surface area contributed by atoms with Crippen molar-refractivity contribution in [2.45, 2.75) is 50.6 Å². The zero-order chi connectivity index (χ0) is 28.4. The highest BCUT2D eigenvalue weighted by molar-refractivity contribution is 6.51. The normalized spacial score (nSPS) is 20.7. The molecule has 2 aromatic rings. The fraction of sp³-hybridized carbons (Fsp3) is 0.481. The SMILES string of the molecule is CC(=O)C(=N)c1cc(OCc2ncccn2)ccc1NCC(=O)N1CCC[C@H]1C(=O)NC[C@@H]1C(C)(C)C1(Cl)Cl. The number of carbonyl (C=O) groups excluding carboxylic acids is 3. The standard InChI is InChI=1S/C27H32Cl2N6O4/c1-16(36)24(30)18-12-17(39-15-22-31-9-5-10-32-22)7-8-19(18)33-14-23(37)35-11-4-6-20(35)25(38)34-13-21-26(2,3)27(21,28)29/h5,7-10,12,20-21,30,33H,4,6,11,13-15H2,1-3H3,(H,34,38)/t20-,21+/m0/s1. The summed E-state index contributed by atoms with van der Waals surface area (Å²) in [6, 6.07) is 6.02. The number of nitrogens with zero attached hydrogens (tertiary/aromatic N) is 3. The van der Waals surface area contributed by atoms with Gasteiger partial charge in [-0.1, -0.05) is 13.8 Å². The van der Waals surface area contributed by atoms with Gasteiger partial charge in [0, 0.05) is 55.0 Å². The topological polar surface area (TPSA) is 137 Å².